The zero-order valence-corrected chi connectivity index (χ0v) is 59.4. The number of nitrogens with zero attached hydrogens (tertiary/aromatic N) is 3. The van der Waals surface area contributed by atoms with Crippen molar-refractivity contribution in [3.8, 4) is 185 Å². The Morgan fingerprint density at radius 1 is 0.212 bits per heavy atom. The van der Waals surface area contributed by atoms with E-state index in [9.17, 15) is 5.26 Å². The second-order valence-electron chi connectivity index (χ2n) is 25.9. The summed E-state index contributed by atoms with van der Waals surface area (Å²) < 4.78 is -0.136. The van der Waals surface area contributed by atoms with Crippen molar-refractivity contribution in [2.45, 2.75) is 4.46 Å². The van der Waals surface area contributed by atoms with Gasteiger partial charge in [0.25, 0.3) is 0 Å². The van der Waals surface area contributed by atoms with E-state index < -0.39 is 4.46 Å². The lowest BCUT2D eigenvalue weighted by atomic mass is 9.96. The average molecular weight is 1410 g/mol. The normalized spacial score (nSPS) is 11.3. The summed E-state index contributed by atoms with van der Waals surface area (Å²) in [4.78, 5) is 5.04. The molecule has 38 rings (SSSR count). The number of benzene rings is 14. The van der Waals surface area contributed by atoms with Crippen molar-refractivity contribution in [3.05, 3.63) is 376 Å². The predicted octanol–water partition coefficient (Wildman–Crippen LogP) is 27.4. The highest BCUT2D eigenvalue weighted by molar-refractivity contribution is 6.46. The molecule has 14 aromatic carbocycles. The molecule has 24 heterocycles. The highest BCUT2D eigenvalue weighted by Gasteiger charge is 2.41. The van der Waals surface area contributed by atoms with Crippen LogP contribution in [-0.2, 0) is 4.46 Å². The third-order valence-electron chi connectivity index (χ3n) is 19.7. The molecule has 22 aliphatic heterocycles. The Labute approximate surface area is 627 Å². The van der Waals surface area contributed by atoms with Gasteiger partial charge in [-0.1, -0.05) is 322 Å². The Morgan fingerprint density at radius 2 is 0.337 bits per heavy atom. The molecular formula is C97H64Cl4N3+. The van der Waals surface area contributed by atoms with E-state index in [0.717, 1.165) is 78.4 Å². The van der Waals surface area contributed by atoms with Crippen LogP contribution in [0.1, 0.15) is 0 Å². The van der Waals surface area contributed by atoms with Gasteiger partial charge in [-0.2, -0.15) is 5.26 Å². The number of hydrogen-bond acceptors (Lipinski definition) is 2. The van der Waals surface area contributed by atoms with Crippen molar-refractivity contribution in [1.82, 2.24) is 4.98 Å². The molecule has 0 saturated carbocycles. The maximum Gasteiger partial charge on any atom is 0.408 e. The van der Waals surface area contributed by atoms with Gasteiger partial charge in [0, 0.05) is 34.4 Å². The molecule has 0 N–H and O–H groups in total. The molecule has 22 aliphatic rings. The van der Waals surface area contributed by atoms with Crippen LogP contribution in [0.2, 0.25) is 0 Å². The van der Waals surface area contributed by atoms with E-state index in [4.69, 9.17) is 51.4 Å². The fraction of sp³-hybridized carbons (Fsp3) is 0.0206. The number of halogens is 4. The molecular weight excluding hydrogens is 1350 g/mol. The lowest BCUT2D eigenvalue weighted by molar-refractivity contribution is -0.685. The van der Waals surface area contributed by atoms with Crippen molar-refractivity contribution < 1.29 is 4.57 Å². The largest absolute Gasteiger partial charge is 0.408 e. The standard InChI is InChI=1S/C49H31Cl2N2.C47H31N.CH2Cl2/c50-49(51,32-52)53-47-2-1-3-48(53)46-30-26-44(27-31-46)42-22-18-40(19-23-42)38-14-10-36(11-15-38)34-6-4-33(5-7-34)35-8-12-37(13-9-35)39-16-20-41(21-17-39)43-24-28-45(47)29-25-43;1-2-46-44-28-24-42(25-29-44)40-20-16-38(17-21-40)36-12-8-34(9-13-36)32-4-6-33(7-5-32)35-10-14-37(15-11-35)39-18-22-41(23-19-39)43-26-30-45(31-27-43)47(3-1)48-46;2-1-3/h1-31H;1-31H;1H2/q+1;;. The summed E-state index contributed by atoms with van der Waals surface area (Å²) in [6.45, 7) is 0. The second kappa shape index (κ2) is 29.5. The van der Waals surface area contributed by atoms with Crippen molar-refractivity contribution >= 4 is 46.4 Å². The Bertz CT molecular complexity index is 5380. The molecule has 0 unspecified atom stereocenters. The number of nitriles is 1. The van der Waals surface area contributed by atoms with E-state index in [1.54, 1.807) is 4.57 Å². The zero-order chi connectivity index (χ0) is 70.5. The summed E-state index contributed by atoms with van der Waals surface area (Å²) in [6.07, 6.45) is 0. The first-order valence-corrected chi connectivity index (χ1v) is 36.3. The fourth-order valence-electron chi connectivity index (χ4n) is 14.0. The van der Waals surface area contributed by atoms with Crippen LogP contribution in [0, 0.1) is 11.3 Å². The first kappa shape index (κ1) is 66.6. The minimum atomic E-state index is -1.84. The lowest BCUT2D eigenvalue weighted by Gasteiger charge is -2.15. The van der Waals surface area contributed by atoms with E-state index in [0.29, 0.717) is 0 Å². The molecule has 0 aliphatic carbocycles. The monoisotopic (exact) mass is 1410 g/mol. The van der Waals surface area contributed by atoms with Crippen LogP contribution in [0.5, 0.6) is 0 Å². The number of alkyl halides is 4. The molecule has 32 bridgehead atoms. The molecule has 3 nitrogen and oxygen atoms in total. The molecule has 0 amide bonds. The zero-order valence-electron chi connectivity index (χ0n) is 56.4. The summed E-state index contributed by atoms with van der Waals surface area (Å²) in [7, 11) is 0. The van der Waals surface area contributed by atoms with E-state index in [1.807, 2.05) is 42.5 Å². The number of hydrogen-bond donors (Lipinski definition) is 0. The van der Waals surface area contributed by atoms with Gasteiger partial charge >= 0.3 is 4.46 Å². The smallest absolute Gasteiger partial charge is 0.248 e. The number of aromatic nitrogens is 2. The molecule has 16 aromatic rings. The van der Waals surface area contributed by atoms with Gasteiger partial charge in [-0.3, -0.25) is 0 Å². The Balaban J connectivity index is 0.000000155. The number of rotatable bonds is 1. The van der Waals surface area contributed by atoms with Crippen LogP contribution < -0.4 is 4.57 Å². The topological polar surface area (TPSA) is 40.6 Å². The van der Waals surface area contributed by atoms with Crippen molar-refractivity contribution in [2.75, 3.05) is 5.34 Å². The Hall–Kier alpha value is -12.0. The lowest BCUT2D eigenvalue weighted by Crippen LogP contribution is -2.51. The second-order valence-corrected chi connectivity index (χ2v) is 28.0. The first-order chi connectivity index (χ1) is 51.1. The van der Waals surface area contributed by atoms with Gasteiger partial charge in [-0.05, 0) is 199 Å². The van der Waals surface area contributed by atoms with Crippen LogP contribution in [0.25, 0.3) is 179 Å². The van der Waals surface area contributed by atoms with Crippen LogP contribution in [-0.4, -0.2) is 10.3 Å². The summed E-state index contributed by atoms with van der Waals surface area (Å²) >= 11 is 23.0. The molecule has 0 saturated heterocycles. The summed E-state index contributed by atoms with van der Waals surface area (Å²) in [5.74, 6) is 0. The van der Waals surface area contributed by atoms with E-state index in [2.05, 4.69) is 340 Å². The molecule has 0 spiro atoms. The summed E-state index contributed by atoms with van der Waals surface area (Å²) in [5.41, 5.74) is 35.7. The maximum absolute atomic E-state index is 10.1. The van der Waals surface area contributed by atoms with Gasteiger partial charge in [-0.25, -0.2) is 4.98 Å². The van der Waals surface area contributed by atoms with Gasteiger partial charge in [0.2, 0.25) is 11.4 Å². The molecule has 2 aromatic heterocycles. The molecule has 7 heteroatoms. The van der Waals surface area contributed by atoms with Gasteiger partial charge in [0.15, 0.2) is 6.07 Å². The van der Waals surface area contributed by atoms with Crippen LogP contribution in [0.15, 0.2) is 376 Å². The van der Waals surface area contributed by atoms with Gasteiger partial charge < -0.3 is 0 Å². The van der Waals surface area contributed by atoms with Gasteiger partial charge in [-0.15, -0.1) is 27.8 Å². The van der Waals surface area contributed by atoms with Crippen LogP contribution >= 0.6 is 46.4 Å². The van der Waals surface area contributed by atoms with Crippen molar-refractivity contribution in [1.29, 1.82) is 5.26 Å². The SMILES string of the molecule is ClCCl.N#CC(Cl)(Cl)[n+]1c2cccc1-c1ccc(cc1)-c1ccc(cc1)-c1ccc(cc1)-c1ccc(cc1)-c1ccc(cc1)-c1ccc(cc1)-c1ccc-2cc1.c1cc2nc(c1)-c1ccc(cc1)-c1ccc(cc1)-c1ccc(cc1)-c1ccc(cc1)-c1ccc(cc1)-c1ccc(cc1)-c1ccc-2cc1. The molecule has 494 valence electrons. The van der Waals surface area contributed by atoms with E-state index in [1.165, 1.54) is 100 Å². The number of pyridine rings is 2. The van der Waals surface area contributed by atoms with E-state index in [-0.39, 0.29) is 5.34 Å². The molecule has 104 heavy (non-hydrogen) atoms. The van der Waals surface area contributed by atoms with Crippen molar-refractivity contribution in [2.24, 2.45) is 0 Å². The Morgan fingerprint density at radius 3 is 0.481 bits per heavy atom. The predicted molar refractivity (Wildman–Crippen MR) is 437 cm³/mol. The molecule has 0 fully saturated rings. The molecule has 0 radical (unpaired) electrons. The van der Waals surface area contributed by atoms with Gasteiger partial charge in [0.1, 0.15) is 0 Å². The molecule has 0 atom stereocenters. The third-order valence-corrected chi connectivity index (χ3v) is 20.2. The quantitative estimate of drug-likeness (QED) is 0.121. The highest BCUT2D eigenvalue weighted by atomic mass is 35.5. The maximum atomic E-state index is 10.1. The first-order valence-electron chi connectivity index (χ1n) is 34.5. The minimum absolute atomic E-state index is 0.194. The Kier molecular flexibility index (Phi) is 18.9. The highest BCUT2D eigenvalue weighted by Crippen LogP contribution is 2.38. The van der Waals surface area contributed by atoms with E-state index >= 15 is 0 Å². The minimum Gasteiger partial charge on any atom is -0.248 e. The number of fused-ring (bicyclic) bond motifs is 2. The van der Waals surface area contributed by atoms with Crippen LogP contribution in [0.4, 0.5) is 0 Å². The third kappa shape index (κ3) is 14.1. The fourth-order valence-corrected chi connectivity index (χ4v) is 14.3. The average Bonchev–Trinajstić information content (AvgIpc) is 0.776. The summed E-state index contributed by atoms with van der Waals surface area (Å²) in [5, 5.41) is 10.3. The summed E-state index contributed by atoms with van der Waals surface area (Å²) in [6, 6.07) is 136. The van der Waals surface area contributed by atoms with Gasteiger partial charge in [0.05, 0.1) is 16.7 Å². The van der Waals surface area contributed by atoms with Crippen LogP contribution in [0.3, 0.4) is 0 Å². The van der Waals surface area contributed by atoms with Crippen molar-refractivity contribution in [3.63, 3.8) is 0 Å².